The topological polar surface area (TPSA) is 0 Å². The molecular weight excluding hydrogens is 187 g/mol. The van der Waals surface area contributed by atoms with E-state index in [9.17, 15) is 4.39 Å². The van der Waals surface area contributed by atoms with Crippen LogP contribution in [0.1, 0.15) is 24.0 Å². The number of halogens is 1. The van der Waals surface area contributed by atoms with Gasteiger partial charge in [0, 0.05) is 5.92 Å². The molecule has 0 aromatic heterocycles. The Hall–Kier alpha value is -1.63. The highest BCUT2D eigenvalue weighted by atomic mass is 19.1. The van der Waals surface area contributed by atoms with Crippen LogP contribution in [-0.4, -0.2) is 0 Å². The van der Waals surface area contributed by atoms with Crippen LogP contribution in [0.2, 0.25) is 0 Å². The van der Waals surface area contributed by atoms with Gasteiger partial charge in [-0.25, -0.2) is 4.39 Å². The van der Waals surface area contributed by atoms with Crippen molar-refractivity contribution < 1.29 is 4.39 Å². The molecule has 0 radical (unpaired) electrons. The molecule has 0 fully saturated rings. The molecule has 0 spiro atoms. The van der Waals surface area contributed by atoms with Crippen molar-refractivity contribution in [3.05, 3.63) is 71.5 Å². The summed E-state index contributed by atoms with van der Waals surface area (Å²) in [5.74, 6) is -0.0266. The van der Waals surface area contributed by atoms with Crippen LogP contribution in [0.3, 0.4) is 0 Å². The minimum Gasteiger partial charge on any atom is -0.207 e. The van der Waals surface area contributed by atoms with Crippen molar-refractivity contribution in [2.45, 2.75) is 12.8 Å². The van der Waals surface area contributed by atoms with Gasteiger partial charge in [0.25, 0.3) is 0 Å². The van der Waals surface area contributed by atoms with E-state index in [1.165, 1.54) is 6.07 Å². The summed E-state index contributed by atoms with van der Waals surface area (Å²) in [5, 5.41) is 0. The second-order valence-electron chi connectivity index (χ2n) is 3.65. The number of benzene rings is 2. The van der Waals surface area contributed by atoms with Gasteiger partial charge in [0.15, 0.2) is 0 Å². The monoisotopic (exact) mass is 200 g/mol. The molecule has 0 saturated carbocycles. The van der Waals surface area contributed by atoms with Crippen molar-refractivity contribution in [3.8, 4) is 0 Å². The molecule has 2 aromatic rings. The third-order valence-electron chi connectivity index (χ3n) is 2.67. The number of hydrogen-bond donors (Lipinski definition) is 0. The van der Waals surface area contributed by atoms with Crippen molar-refractivity contribution in [2.24, 2.45) is 0 Å². The van der Waals surface area contributed by atoms with Gasteiger partial charge in [-0.3, -0.25) is 0 Å². The average molecular weight is 200 g/mol. The molecule has 0 bridgehead atoms. The molecule has 76 valence electrons. The number of rotatable bonds is 2. The Balaban J connectivity index is 2.37. The first-order valence-corrected chi connectivity index (χ1v) is 5.08. The lowest BCUT2D eigenvalue weighted by atomic mass is 9.93. The quantitative estimate of drug-likeness (QED) is 0.688. The zero-order valence-corrected chi connectivity index (χ0v) is 8.65. The van der Waals surface area contributed by atoms with Gasteiger partial charge in [0.1, 0.15) is 5.82 Å². The largest absolute Gasteiger partial charge is 0.207 e. The zero-order valence-electron chi connectivity index (χ0n) is 8.65. The summed E-state index contributed by atoms with van der Waals surface area (Å²) >= 11 is 0. The Morgan fingerprint density at radius 3 is 2.13 bits per heavy atom. The van der Waals surface area contributed by atoms with Gasteiger partial charge in [-0.05, 0) is 17.2 Å². The van der Waals surface area contributed by atoms with Gasteiger partial charge >= 0.3 is 0 Å². The van der Waals surface area contributed by atoms with Gasteiger partial charge in [0.2, 0.25) is 0 Å². The van der Waals surface area contributed by atoms with Crippen molar-refractivity contribution in [1.29, 1.82) is 0 Å². The van der Waals surface area contributed by atoms with Crippen LogP contribution >= 0.6 is 0 Å². The fourth-order valence-electron chi connectivity index (χ4n) is 1.75. The van der Waals surface area contributed by atoms with Crippen molar-refractivity contribution in [1.82, 2.24) is 0 Å². The van der Waals surface area contributed by atoms with Gasteiger partial charge in [-0.15, -0.1) is 0 Å². The van der Waals surface area contributed by atoms with Gasteiger partial charge in [-0.1, -0.05) is 55.5 Å². The maximum atomic E-state index is 13.5. The molecule has 0 saturated heterocycles. The first kappa shape index (κ1) is 9.91. The molecule has 0 aliphatic carbocycles. The highest BCUT2D eigenvalue weighted by Crippen LogP contribution is 2.25. The molecule has 0 aliphatic rings. The first-order valence-electron chi connectivity index (χ1n) is 5.08. The van der Waals surface area contributed by atoms with Gasteiger partial charge < -0.3 is 0 Å². The predicted octanol–water partition coefficient (Wildman–Crippen LogP) is 3.98. The molecule has 0 amide bonds. The Kier molecular flexibility index (Phi) is 2.82. The summed E-state index contributed by atoms with van der Waals surface area (Å²) in [6.07, 6.45) is 0. The third-order valence-corrected chi connectivity index (χ3v) is 2.67. The molecule has 2 aromatic carbocycles. The van der Waals surface area contributed by atoms with E-state index in [1.54, 1.807) is 6.07 Å². The van der Waals surface area contributed by atoms with Crippen LogP contribution in [0.25, 0.3) is 0 Å². The van der Waals surface area contributed by atoms with Gasteiger partial charge in [-0.2, -0.15) is 0 Å². The van der Waals surface area contributed by atoms with Crippen LogP contribution in [0.4, 0.5) is 4.39 Å². The second-order valence-corrected chi connectivity index (χ2v) is 3.65. The van der Waals surface area contributed by atoms with E-state index in [1.807, 2.05) is 49.4 Å². The Morgan fingerprint density at radius 1 is 0.867 bits per heavy atom. The molecule has 1 heteroatoms. The Labute approximate surface area is 89.4 Å². The summed E-state index contributed by atoms with van der Waals surface area (Å²) in [4.78, 5) is 0. The minimum absolute atomic E-state index is 0.104. The second kappa shape index (κ2) is 4.26. The molecule has 0 unspecified atom stereocenters. The lowest BCUT2D eigenvalue weighted by Crippen LogP contribution is -1.98. The predicted molar refractivity (Wildman–Crippen MR) is 60.4 cm³/mol. The summed E-state index contributed by atoms with van der Waals surface area (Å²) in [7, 11) is 0. The van der Waals surface area contributed by atoms with E-state index in [0.717, 1.165) is 11.1 Å². The fraction of sp³-hybridized carbons (Fsp3) is 0.143. The van der Waals surface area contributed by atoms with E-state index in [2.05, 4.69) is 0 Å². The van der Waals surface area contributed by atoms with Crippen molar-refractivity contribution in [2.75, 3.05) is 0 Å². The van der Waals surface area contributed by atoms with E-state index in [-0.39, 0.29) is 11.7 Å². The molecule has 15 heavy (non-hydrogen) atoms. The molecule has 0 heterocycles. The molecule has 2 rings (SSSR count). The molecule has 0 N–H and O–H groups in total. The lowest BCUT2D eigenvalue weighted by Gasteiger charge is -2.12. The Morgan fingerprint density at radius 2 is 1.47 bits per heavy atom. The SMILES string of the molecule is C[C@H](c1ccccc1)c1ccccc1F. The van der Waals surface area contributed by atoms with E-state index < -0.39 is 0 Å². The summed E-state index contributed by atoms with van der Waals surface area (Å²) in [6, 6.07) is 16.9. The number of hydrogen-bond acceptors (Lipinski definition) is 0. The van der Waals surface area contributed by atoms with E-state index >= 15 is 0 Å². The minimum atomic E-state index is -0.131. The third kappa shape index (κ3) is 2.07. The first-order chi connectivity index (χ1) is 7.29. The fourth-order valence-corrected chi connectivity index (χ4v) is 1.75. The van der Waals surface area contributed by atoms with Crippen LogP contribution in [-0.2, 0) is 0 Å². The van der Waals surface area contributed by atoms with Crippen molar-refractivity contribution in [3.63, 3.8) is 0 Å². The van der Waals surface area contributed by atoms with Crippen LogP contribution in [0.5, 0.6) is 0 Å². The zero-order chi connectivity index (χ0) is 10.7. The van der Waals surface area contributed by atoms with Gasteiger partial charge in [0.05, 0.1) is 0 Å². The molecule has 1 atom stereocenters. The summed E-state index contributed by atoms with van der Waals surface area (Å²) < 4.78 is 13.5. The van der Waals surface area contributed by atoms with E-state index in [0.29, 0.717) is 0 Å². The smallest absolute Gasteiger partial charge is 0.127 e. The van der Waals surface area contributed by atoms with Crippen molar-refractivity contribution >= 4 is 0 Å². The molecular formula is C14H13F. The maximum Gasteiger partial charge on any atom is 0.127 e. The Bertz CT molecular complexity index is 434. The maximum absolute atomic E-state index is 13.5. The standard InChI is InChI=1S/C14H13F/c1-11(12-7-3-2-4-8-12)13-9-5-6-10-14(13)15/h2-11H,1H3/t11-/m1/s1. The molecule has 0 aliphatic heterocycles. The highest BCUT2D eigenvalue weighted by molar-refractivity contribution is 5.32. The normalized spacial score (nSPS) is 12.4. The summed E-state index contributed by atoms with van der Waals surface area (Å²) in [6.45, 7) is 2.02. The summed E-state index contributed by atoms with van der Waals surface area (Å²) in [5.41, 5.74) is 1.89. The highest BCUT2D eigenvalue weighted by Gasteiger charge is 2.11. The van der Waals surface area contributed by atoms with Crippen LogP contribution in [0, 0.1) is 5.82 Å². The average Bonchev–Trinajstić information content (AvgIpc) is 2.30. The van der Waals surface area contributed by atoms with Crippen LogP contribution in [0.15, 0.2) is 54.6 Å². The molecule has 0 nitrogen and oxygen atoms in total. The lowest BCUT2D eigenvalue weighted by molar-refractivity contribution is 0.603. The van der Waals surface area contributed by atoms with Crippen LogP contribution < -0.4 is 0 Å². The van der Waals surface area contributed by atoms with E-state index in [4.69, 9.17) is 0 Å².